The fourth-order valence-corrected chi connectivity index (χ4v) is 2.89. The van der Waals surface area contributed by atoms with Gasteiger partial charge in [0.15, 0.2) is 11.5 Å². The second kappa shape index (κ2) is 6.59. The molecule has 2 aromatic rings. The molecule has 2 N–H and O–H groups in total. The Labute approximate surface area is 147 Å². The summed E-state index contributed by atoms with van der Waals surface area (Å²) in [6.07, 6.45) is 4.32. The molecule has 1 aromatic heterocycles. The van der Waals surface area contributed by atoms with Crippen molar-refractivity contribution in [3.8, 4) is 5.75 Å². The van der Waals surface area contributed by atoms with Crippen LogP contribution in [-0.2, 0) is 6.42 Å². The van der Waals surface area contributed by atoms with Crippen LogP contribution in [0.25, 0.3) is 0 Å². The third-order valence-electron chi connectivity index (χ3n) is 3.57. The lowest BCUT2D eigenvalue weighted by molar-refractivity contribution is 0.0977. The van der Waals surface area contributed by atoms with Crippen LogP contribution in [0.15, 0.2) is 36.3 Å². The van der Waals surface area contributed by atoms with Crippen LogP contribution in [0.5, 0.6) is 5.75 Å². The minimum Gasteiger partial charge on any atom is -0.505 e. The lowest BCUT2D eigenvalue weighted by Gasteiger charge is -2.15. The number of phenolic OH excluding ortho intramolecular Hbond substituents is 1. The van der Waals surface area contributed by atoms with Crippen LogP contribution in [0.1, 0.15) is 26.3 Å². The number of aromatic nitrogens is 2. The molecule has 0 radical (unpaired) electrons. The minimum absolute atomic E-state index is 0.160. The molecule has 8 heteroatoms. The average Bonchev–Trinajstić information content (AvgIpc) is 2.57. The van der Waals surface area contributed by atoms with E-state index in [4.69, 9.17) is 23.2 Å². The number of hydrogen-bond donors (Lipinski definition) is 2. The van der Waals surface area contributed by atoms with Gasteiger partial charge in [-0.3, -0.25) is 9.59 Å². The van der Waals surface area contributed by atoms with Gasteiger partial charge in [0.25, 0.3) is 0 Å². The molecule has 0 aliphatic heterocycles. The Kier molecular flexibility index (Phi) is 4.51. The van der Waals surface area contributed by atoms with Crippen molar-refractivity contribution in [2.45, 2.75) is 6.42 Å². The second-order valence-electron chi connectivity index (χ2n) is 5.15. The maximum atomic E-state index is 12.3. The van der Waals surface area contributed by atoms with Crippen LogP contribution in [0.2, 0.25) is 10.0 Å². The number of benzene rings is 1. The lowest BCUT2D eigenvalue weighted by Crippen LogP contribution is -2.28. The summed E-state index contributed by atoms with van der Waals surface area (Å²) in [7, 11) is 0. The van der Waals surface area contributed by atoms with Gasteiger partial charge in [-0.2, -0.15) is 10.2 Å². The van der Waals surface area contributed by atoms with Crippen LogP contribution in [0.4, 0.5) is 0 Å². The van der Waals surface area contributed by atoms with Gasteiger partial charge in [-0.15, -0.1) is 0 Å². The van der Waals surface area contributed by atoms with Gasteiger partial charge in [0, 0.05) is 12.6 Å². The lowest BCUT2D eigenvalue weighted by atomic mass is 9.95. The molecule has 1 heterocycles. The molecule has 1 aliphatic rings. The third kappa shape index (κ3) is 3.11. The van der Waals surface area contributed by atoms with Crippen molar-refractivity contribution in [2.24, 2.45) is 0 Å². The van der Waals surface area contributed by atoms with E-state index in [2.05, 4.69) is 15.5 Å². The van der Waals surface area contributed by atoms with Crippen LogP contribution < -0.4 is 5.32 Å². The van der Waals surface area contributed by atoms with E-state index in [1.54, 1.807) is 12.1 Å². The van der Waals surface area contributed by atoms with Crippen molar-refractivity contribution in [3.05, 3.63) is 63.0 Å². The molecule has 1 aromatic carbocycles. The van der Waals surface area contributed by atoms with Gasteiger partial charge in [-0.1, -0.05) is 23.2 Å². The van der Waals surface area contributed by atoms with Crippen LogP contribution in [0.3, 0.4) is 0 Å². The normalized spacial score (nSPS) is 13.5. The summed E-state index contributed by atoms with van der Waals surface area (Å²) in [6, 6.07) is 3.19. The number of ketones is 2. The summed E-state index contributed by atoms with van der Waals surface area (Å²) in [5, 5.41) is 20.1. The van der Waals surface area contributed by atoms with Crippen molar-refractivity contribution in [3.63, 3.8) is 0 Å². The number of carbonyl (C=O) groups excluding carboxylic acids is 2. The molecule has 0 unspecified atom stereocenters. The zero-order chi connectivity index (χ0) is 17.3. The number of nitrogens with zero attached hydrogens (tertiary/aromatic N) is 2. The maximum Gasteiger partial charge on any atom is 0.211 e. The SMILES string of the molecule is O=C1C=C(NCCc2cc(Cl)c(O)c(Cl)c2)C(=O)c2cnncc21. The topological polar surface area (TPSA) is 92.2 Å². The van der Waals surface area contributed by atoms with E-state index in [0.717, 1.165) is 5.56 Å². The Bertz CT molecular complexity index is 858. The number of carbonyl (C=O) groups is 2. The summed E-state index contributed by atoms with van der Waals surface area (Å²) in [6.45, 7) is 0.385. The molecule has 0 atom stereocenters. The van der Waals surface area contributed by atoms with Crippen molar-refractivity contribution in [1.29, 1.82) is 0 Å². The van der Waals surface area contributed by atoms with Gasteiger partial charge < -0.3 is 10.4 Å². The summed E-state index contributed by atoms with van der Waals surface area (Å²) in [4.78, 5) is 24.3. The summed E-state index contributed by atoms with van der Waals surface area (Å²) in [5.41, 5.74) is 1.47. The summed E-state index contributed by atoms with van der Waals surface area (Å²) in [5.74, 6) is -0.762. The number of fused-ring (bicyclic) bond motifs is 1. The molecular formula is C16H11Cl2N3O3. The molecule has 0 bridgehead atoms. The largest absolute Gasteiger partial charge is 0.505 e. The molecule has 0 saturated carbocycles. The monoisotopic (exact) mass is 363 g/mol. The first-order valence-electron chi connectivity index (χ1n) is 6.99. The number of phenols is 1. The Balaban J connectivity index is 1.70. The van der Waals surface area contributed by atoms with Crippen molar-refractivity contribution < 1.29 is 14.7 Å². The zero-order valence-electron chi connectivity index (χ0n) is 12.2. The molecule has 24 heavy (non-hydrogen) atoms. The van der Waals surface area contributed by atoms with Gasteiger partial charge in [0.05, 0.1) is 39.3 Å². The molecular weight excluding hydrogens is 353 g/mol. The van der Waals surface area contributed by atoms with Crippen molar-refractivity contribution in [2.75, 3.05) is 6.54 Å². The molecule has 3 rings (SSSR count). The van der Waals surface area contributed by atoms with Gasteiger partial charge >= 0.3 is 0 Å². The predicted octanol–water partition coefficient (Wildman–Crippen LogP) is 2.58. The van der Waals surface area contributed by atoms with Crippen molar-refractivity contribution >= 4 is 34.8 Å². The number of aromatic hydroxyl groups is 1. The Morgan fingerprint density at radius 2 is 1.67 bits per heavy atom. The molecule has 0 amide bonds. The quantitative estimate of drug-likeness (QED) is 0.867. The van der Waals surface area contributed by atoms with Gasteiger partial charge in [-0.05, 0) is 24.1 Å². The Hall–Kier alpha value is -2.44. The van der Waals surface area contributed by atoms with Crippen LogP contribution in [0, 0.1) is 0 Å². The highest BCUT2D eigenvalue weighted by molar-refractivity contribution is 6.37. The average molecular weight is 364 g/mol. The van der Waals surface area contributed by atoms with E-state index in [0.29, 0.717) is 13.0 Å². The van der Waals surface area contributed by atoms with Crippen LogP contribution in [-0.4, -0.2) is 33.4 Å². The fourth-order valence-electron chi connectivity index (χ4n) is 2.35. The van der Waals surface area contributed by atoms with E-state index in [9.17, 15) is 14.7 Å². The zero-order valence-corrected chi connectivity index (χ0v) is 13.7. The third-order valence-corrected chi connectivity index (χ3v) is 4.14. The van der Waals surface area contributed by atoms with Gasteiger partial charge in [-0.25, -0.2) is 0 Å². The fraction of sp³-hybridized carbons (Fsp3) is 0.125. The van der Waals surface area contributed by atoms with E-state index in [-0.39, 0.29) is 44.2 Å². The first-order valence-corrected chi connectivity index (χ1v) is 7.75. The van der Waals surface area contributed by atoms with Crippen molar-refractivity contribution in [1.82, 2.24) is 15.5 Å². The highest BCUT2D eigenvalue weighted by Crippen LogP contribution is 2.32. The molecule has 1 aliphatic carbocycles. The molecule has 0 saturated heterocycles. The first-order chi connectivity index (χ1) is 11.5. The summed E-state index contributed by atoms with van der Waals surface area (Å²) >= 11 is 11.7. The molecule has 6 nitrogen and oxygen atoms in total. The minimum atomic E-state index is -0.304. The maximum absolute atomic E-state index is 12.3. The van der Waals surface area contributed by atoms with E-state index < -0.39 is 0 Å². The number of allylic oxidation sites excluding steroid dienone is 2. The number of rotatable bonds is 4. The predicted molar refractivity (Wildman–Crippen MR) is 88.6 cm³/mol. The molecule has 0 fully saturated rings. The van der Waals surface area contributed by atoms with Gasteiger partial charge in [0.1, 0.15) is 0 Å². The van der Waals surface area contributed by atoms with Crippen LogP contribution >= 0.6 is 23.2 Å². The number of Topliss-reactive ketones (excluding diaryl/α,β-unsaturated/α-hetero) is 1. The standard InChI is InChI=1S/C16H11Cl2N3O3/c17-11-3-8(4-12(18)16(11)24)1-2-19-13-5-14(22)9-6-20-21-7-10(9)15(13)23/h3-7,19,24H,1-2H2. The second-order valence-corrected chi connectivity index (χ2v) is 5.97. The van der Waals surface area contributed by atoms with E-state index >= 15 is 0 Å². The smallest absolute Gasteiger partial charge is 0.211 e. The van der Waals surface area contributed by atoms with Gasteiger partial charge in [0.2, 0.25) is 5.78 Å². The van der Waals surface area contributed by atoms with E-state index in [1.807, 2.05) is 0 Å². The Morgan fingerprint density at radius 1 is 1.04 bits per heavy atom. The molecule has 0 spiro atoms. The number of halogens is 2. The summed E-state index contributed by atoms with van der Waals surface area (Å²) < 4.78 is 0. The Morgan fingerprint density at radius 3 is 2.33 bits per heavy atom. The number of nitrogens with one attached hydrogen (secondary N) is 1. The highest BCUT2D eigenvalue weighted by atomic mass is 35.5. The molecule has 122 valence electrons. The van der Waals surface area contributed by atoms with E-state index in [1.165, 1.54) is 18.5 Å². The number of hydrogen-bond acceptors (Lipinski definition) is 6. The highest BCUT2D eigenvalue weighted by Gasteiger charge is 2.25. The first kappa shape index (κ1) is 16.4.